The summed E-state index contributed by atoms with van der Waals surface area (Å²) in [6.45, 7) is 0.930. The summed E-state index contributed by atoms with van der Waals surface area (Å²) >= 11 is 0. The van der Waals surface area contributed by atoms with Crippen molar-refractivity contribution in [3.63, 3.8) is 0 Å². The molecule has 1 aromatic carbocycles. The van der Waals surface area contributed by atoms with Crippen LogP contribution in [0.2, 0.25) is 0 Å². The van der Waals surface area contributed by atoms with Crippen molar-refractivity contribution in [2.75, 3.05) is 13.2 Å². The molecule has 0 aliphatic carbocycles. The first kappa shape index (κ1) is 10.4. The lowest BCUT2D eigenvalue weighted by atomic mass is 10.2. The van der Waals surface area contributed by atoms with Gasteiger partial charge in [0.15, 0.2) is 11.5 Å². The highest BCUT2D eigenvalue weighted by Gasteiger charge is 2.17. The van der Waals surface area contributed by atoms with Gasteiger partial charge in [-0.1, -0.05) is 0 Å². The van der Waals surface area contributed by atoms with Gasteiger partial charge in [0.1, 0.15) is 25.2 Å². The van der Waals surface area contributed by atoms with E-state index in [0.717, 1.165) is 0 Å². The first-order valence-electron chi connectivity index (χ1n) is 5.13. The largest absolute Gasteiger partial charge is 0.486 e. The van der Waals surface area contributed by atoms with E-state index in [1.807, 2.05) is 0 Å². The van der Waals surface area contributed by atoms with Crippen molar-refractivity contribution in [2.24, 2.45) is 4.99 Å². The summed E-state index contributed by atoms with van der Waals surface area (Å²) in [6.07, 6.45) is 2.89. The lowest BCUT2D eigenvalue weighted by molar-refractivity contribution is 0.171. The van der Waals surface area contributed by atoms with Crippen LogP contribution in [0, 0.1) is 0 Å². The fourth-order valence-corrected chi connectivity index (χ4v) is 1.66. The summed E-state index contributed by atoms with van der Waals surface area (Å²) in [5.41, 5.74) is 0.883. The van der Waals surface area contributed by atoms with Crippen LogP contribution in [-0.2, 0) is 4.79 Å². The molecular formula is C10H7N5O3. The Morgan fingerprint density at radius 1 is 1.28 bits per heavy atom. The van der Waals surface area contributed by atoms with Crippen molar-refractivity contribution in [1.29, 1.82) is 0 Å². The van der Waals surface area contributed by atoms with Gasteiger partial charge in [-0.15, -0.1) is 5.10 Å². The molecular weight excluding hydrogens is 238 g/mol. The van der Waals surface area contributed by atoms with E-state index in [2.05, 4.69) is 20.5 Å². The van der Waals surface area contributed by atoms with E-state index < -0.39 is 0 Å². The molecule has 0 atom stereocenters. The molecule has 0 saturated carbocycles. The molecule has 1 aromatic heterocycles. The van der Waals surface area contributed by atoms with Crippen LogP contribution in [-0.4, -0.2) is 39.5 Å². The van der Waals surface area contributed by atoms with E-state index in [4.69, 9.17) is 9.47 Å². The lowest BCUT2D eigenvalue weighted by Gasteiger charge is -2.19. The van der Waals surface area contributed by atoms with Crippen LogP contribution in [0.1, 0.15) is 0 Å². The Balaban J connectivity index is 2.19. The van der Waals surface area contributed by atoms with Crippen LogP contribution in [0.15, 0.2) is 23.5 Å². The number of rotatable bonds is 2. The number of tetrazole rings is 1. The minimum Gasteiger partial charge on any atom is -0.486 e. The fraction of sp³-hybridized carbons (Fsp3) is 0.200. The van der Waals surface area contributed by atoms with Gasteiger partial charge < -0.3 is 9.47 Å². The Kier molecular flexibility index (Phi) is 2.47. The maximum Gasteiger partial charge on any atom is 0.240 e. The van der Waals surface area contributed by atoms with E-state index in [9.17, 15) is 4.79 Å². The number of fused-ring (bicyclic) bond motifs is 1. The summed E-state index contributed by atoms with van der Waals surface area (Å²) in [4.78, 5) is 14.1. The van der Waals surface area contributed by atoms with Crippen molar-refractivity contribution >= 4 is 11.8 Å². The van der Waals surface area contributed by atoms with Crippen molar-refractivity contribution in [3.8, 4) is 17.2 Å². The molecule has 0 bridgehead atoms. The molecule has 2 heterocycles. The zero-order valence-corrected chi connectivity index (χ0v) is 9.11. The summed E-state index contributed by atoms with van der Waals surface area (Å²) in [7, 11) is 0. The second-order valence-electron chi connectivity index (χ2n) is 3.44. The Labute approximate surface area is 101 Å². The molecule has 2 aromatic rings. The number of benzene rings is 1. The van der Waals surface area contributed by atoms with Crippen LogP contribution in [0.5, 0.6) is 11.5 Å². The predicted molar refractivity (Wildman–Crippen MR) is 57.9 cm³/mol. The highest BCUT2D eigenvalue weighted by molar-refractivity contribution is 5.67. The average Bonchev–Trinajstić information content (AvgIpc) is 2.92. The van der Waals surface area contributed by atoms with E-state index in [0.29, 0.717) is 36.1 Å². The molecule has 0 radical (unpaired) electrons. The van der Waals surface area contributed by atoms with Crippen LogP contribution >= 0.6 is 0 Å². The van der Waals surface area contributed by atoms with Gasteiger partial charge in [-0.05, 0) is 10.4 Å². The Hall–Kier alpha value is -2.73. The molecule has 8 heteroatoms. The highest BCUT2D eigenvalue weighted by atomic mass is 16.6. The Morgan fingerprint density at radius 3 is 2.72 bits per heavy atom. The van der Waals surface area contributed by atoms with Gasteiger partial charge in [-0.25, -0.2) is 4.79 Å². The zero-order valence-electron chi connectivity index (χ0n) is 9.11. The summed E-state index contributed by atoms with van der Waals surface area (Å²) < 4.78 is 12.2. The van der Waals surface area contributed by atoms with Crippen molar-refractivity contribution < 1.29 is 14.3 Å². The van der Waals surface area contributed by atoms with Gasteiger partial charge in [0.2, 0.25) is 6.08 Å². The van der Waals surface area contributed by atoms with Crippen LogP contribution in [0.3, 0.4) is 0 Å². The third kappa shape index (κ3) is 1.70. The molecule has 0 amide bonds. The van der Waals surface area contributed by atoms with E-state index >= 15 is 0 Å². The Bertz CT molecular complexity index is 619. The molecule has 1 aliphatic rings. The predicted octanol–water partition coefficient (Wildman–Crippen LogP) is 0.401. The molecule has 8 nitrogen and oxygen atoms in total. The zero-order chi connectivity index (χ0) is 12.4. The number of hydrogen-bond acceptors (Lipinski definition) is 7. The molecule has 0 N–H and O–H groups in total. The van der Waals surface area contributed by atoms with Crippen molar-refractivity contribution in [1.82, 2.24) is 20.2 Å². The van der Waals surface area contributed by atoms with Crippen molar-refractivity contribution in [3.05, 3.63) is 18.5 Å². The molecule has 0 fully saturated rings. The van der Waals surface area contributed by atoms with Gasteiger partial charge in [0, 0.05) is 12.1 Å². The number of isocyanates is 1. The molecule has 0 unspecified atom stereocenters. The maximum absolute atomic E-state index is 10.4. The maximum atomic E-state index is 10.4. The molecule has 18 heavy (non-hydrogen) atoms. The van der Waals surface area contributed by atoms with Gasteiger partial charge in [-0.2, -0.15) is 9.67 Å². The van der Waals surface area contributed by atoms with Crippen LogP contribution in [0.4, 0.5) is 5.69 Å². The monoisotopic (exact) mass is 245 g/mol. The third-order valence-corrected chi connectivity index (χ3v) is 2.40. The molecule has 1 aliphatic heterocycles. The summed E-state index contributed by atoms with van der Waals surface area (Å²) in [5, 5.41) is 10.8. The minimum absolute atomic E-state index is 0.363. The standard InChI is InChI=1S/C10H7N5O3/c16-6-11-7-3-9-10(18-2-1-17-9)4-8(7)15-5-12-13-14-15/h3-5H,1-2H2. The first-order chi connectivity index (χ1) is 8.88. The molecule has 3 rings (SSSR count). The van der Waals surface area contributed by atoms with Gasteiger partial charge >= 0.3 is 0 Å². The fourth-order valence-electron chi connectivity index (χ4n) is 1.66. The highest BCUT2D eigenvalue weighted by Crippen LogP contribution is 2.38. The summed E-state index contributed by atoms with van der Waals surface area (Å²) in [5.74, 6) is 1.10. The Morgan fingerprint density at radius 2 is 2.06 bits per heavy atom. The SMILES string of the molecule is O=C=Nc1cc2c(cc1-n1cnnn1)OCCO2. The van der Waals surface area contributed by atoms with Gasteiger partial charge in [-0.3, -0.25) is 0 Å². The second kappa shape index (κ2) is 4.27. The normalized spacial score (nSPS) is 12.9. The topological polar surface area (TPSA) is 91.5 Å². The van der Waals surface area contributed by atoms with E-state index in [1.54, 1.807) is 12.1 Å². The third-order valence-electron chi connectivity index (χ3n) is 2.40. The number of nitrogens with zero attached hydrogens (tertiary/aromatic N) is 5. The molecule has 0 saturated heterocycles. The second-order valence-corrected chi connectivity index (χ2v) is 3.44. The number of carbonyl (C=O) groups excluding carboxylic acids is 1. The van der Waals surface area contributed by atoms with Gasteiger partial charge in [0.25, 0.3) is 0 Å². The van der Waals surface area contributed by atoms with Crippen molar-refractivity contribution in [2.45, 2.75) is 0 Å². The smallest absolute Gasteiger partial charge is 0.240 e. The van der Waals surface area contributed by atoms with E-state index in [-0.39, 0.29) is 0 Å². The number of aliphatic imine (C=N–C) groups is 1. The molecule has 90 valence electrons. The number of aromatic nitrogens is 4. The minimum atomic E-state index is 0.363. The summed E-state index contributed by atoms with van der Waals surface area (Å²) in [6, 6.07) is 3.26. The van der Waals surface area contributed by atoms with E-state index in [1.165, 1.54) is 17.1 Å². The first-order valence-corrected chi connectivity index (χ1v) is 5.13. The average molecular weight is 245 g/mol. The number of hydrogen-bond donors (Lipinski definition) is 0. The number of ether oxygens (including phenoxy) is 2. The van der Waals surface area contributed by atoms with Gasteiger partial charge in [0.05, 0.1) is 5.69 Å². The quantitative estimate of drug-likeness (QED) is 0.561. The van der Waals surface area contributed by atoms with Crippen LogP contribution in [0.25, 0.3) is 5.69 Å². The van der Waals surface area contributed by atoms with Crippen LogP contribution < -0.4 is 9.47 Å². The molecule has 0 spiro atoms. The lowest BCUT2D eigenvalue weighted by Crippen LogP contribution is -2.15.